The van der Waals surface area contributed by atoms with Crippen LogP contribution >= 0.6 is 11.3 Å². The Kier molecular flexibility index (Phi) is 5.26. The number of nitrogens with zero attached hydrogens (tertiary/aromatic N) is 1. The number of hydrogen-bond donors (Lipinski definition) is 1. The van der Waals surface area contributed by atoms with Crippen molar-refractivity contribution >= 4 is 11.3 Å². The molecule has 0 amide bonds. The molecule has 1 N–H and O–H groups in total. The van der Waals surface area contributed by atoms with E-state index in [4.69, 9.17) is 0 Å². The number of nitrogens with one attached hydrogen (secondary N) is 1. The number of rotatable bonds is 6. The van der Waals surface area contributed by atoms with Gasteiger partial charge in [0.15, 0.2) is 0 Å². The van der Waals surface area contributed by atoms with Crippen LogP contribution in [0.2, 0.25) is 0 Å². The molecule has 3 heteroatoms. The Morgan fingerprint density at radius 2 is 2.13 bits per heavy atom. The monoisotopic (exact) mass is 226 g/mol. The molecule has 1 aromatic rings. The number of likely N-dealkylation sites (N-methyl/N-ethyl adjacent to an activating group) is 1. The molecule has 0 aliphatic heterocycles. The van der Waals surface area contributed by atoms with Crippen LogP contribution in [0.5, 0.6) is 0 Å². The zero-order valence-corrected chi connectivity index (χ0v) is 11.0. The van der Waals surface area contributed by atoms with Crippen molar-refractivity contribution in [2.45, 2.75) is 46.1 Å². The van der Waals surface area contributed by atoms with Crippen LogP contribution < -0.4 is 5.32 Å². The summed E-state index contributed by atoms with van der Waals surface area (Å²) in [4.78, 5) is 4.50. The van der Waals surface area contributed by atoms with Crippen molar-refractivity contribution in [3.63, 3.8) is 0 Å². The van der Waals surface area contributed by atoms with E-state index in [-0.39, 0.29) is 0 Å². The third-order valence-electron chi connectivity index (χ3n) is 2.62. The minimum atomic E-state index is 0.578. The second-order valence-electron chi connectivity index (χ2n) is 4.52. The van der Waals surface area contributed by atoms with Crippen molar-refractivity contribution in [3.8, 4) is 0 Å². The maximum absolute atomic E-state index is 4.50. The standard InChI is InChI=1S/C12H22N2S/c1-9(2)5-6-11(13-4)7-12-8-15-10(3)14-12/h8-9,11,13H,5-7H2,1-4H3. The molecule has 0 aromatic carbocycles. The zero-order chi connectivity index (χ0) is 11.3. The molecule has 15 heavy (non-hydrogen) atoms. The van der Waals surface area contributed by atoms with E-state index < -0.39 is 0 Å². The van der Waals surface area contributed by atoms with Crippen molar-refractivity contribution in [2.75, 3.05) is 7.05 Å². The van der Waals surface area contributed by atoms with E-state index >= 15 is 0 Å². The molecule has 86 valence electrons. The highest BCUT2D eigenvalue weighted by atomic mass is 32.1. The lowest BCUT2D eigenvalue weighted by molar-refractivity contribution is 0.448. The summed E-state index contributed by atoms with van der Waals surface area (Å²) in [7, 11) is 2.05. The second kappa shape index (κ2) is 6.23. The van der Waals surface area contributed by atoms with Gasteiger partial charge < -0.3 is 5.32 Å². The molecule has 1 atom stereocenters. The molecule has 0 saturated heterocycles. The van der Waals surface area contributed by atoms with Crippen LogP contribution in [0.15, 0.2) is 5.38 Å². The van der Waals surface area contributed by atoms with Gasteiger partial charge in [-0.05, 0) is 32.7 Å². The van der Waals surface area contributed by atoms with E-state index in [1.54, 1.807) is 11.3 Å². The van der Waals surface area contributed by atoms with Gasteiger partial charge in [0.05, 0.1) is 10.7 Å². The molecule has 0 saturated carbocycles. The highest BCUT2D eigenvalue weighted by molar-refractivity contribution is 7.09. The molecule has 1 unspecified atom stereocenters. The van der Waals surface area contributed by atoms with E-state index in [9.17, 15) is 0 Å². The van der Waals surface area contributed by atoms with Crippen LogP contribution in [0.25, 0.3) is 0 Å². The lowest BCUT2D eigenvalue weighted by Gasteiger charge is -2.15. The Labute approximate surface area is 97.1 Å². The molecule has 0 aliphatic rings. The first-order valence-electron chi connectivity index (χ1n) is 5.70. The molecule has 0 spiro atoms. The van der Waals surface area contributed by atoms with Gasteiger partial charge in [-0.3, -0.25) is 0 Å². The fourth-order valence-corrected chi connectivity index (χ4v) is 2.26. The smallest absolute Gasteiger partial charge is 0.0897 e. The largest absolute Gasteiger partial charge is 0.317 e. The van der Waals surface area contributed by atoms with Crippen molar-refractivity contribution in [1.82, 2.24) is 10.3 Å². The van der Waals surface area contributed by atoms with E-state index in [1.165, 1.54) is 23.5 Å². The first-order chi connectivity index (χ1) is 7.11. The maximum Gasteiger partial charge on any atom is 0.0897 e. The first kappa shape index (κ1) is 12.7. The summed E-state index contributed by atoms with van der Waals surface area (Å²) in [6.07, 6.45) is 3.59. The average molecular weight is 226 g/mol. The van der Waals surface area contributed by atoms with E-state index in [1.807, 2.05) is 7.05 Å². The molecular weight excluding hydrogens is 204 g/mol. The van der Waals surface area contributed by atoms with Crippen molar-refractivity contribution in [1.29, 1.82) is 0 Å². The summed E-state index contributed by atoms with van der Waals surface area (Å²) in [6, 6.07) is 0.578. The number of aromatic nitrogens is 1. The lowest BCUT2D eigenvalue weighted by atomic mass is 10.0. The Balaban J connectivity index is 2.39. The van der Waals surface area contributed by atoms with Gasteiger partial charge in [-0.25, -0.2) is 4.98 Å². The van der Waals surface area contributed by atoms with Crippen LogP contribution in [0, 0.1) is 12.8 Å². The molecular formula is C12H22N2S. The Hall–Kier alpha value is -0.410. The van der Waals surface area contributed by atoms with Crippen LogP contribution in [0.4, 0.5) is 0 Å². The van der Waals surface area contributed by atoms with Gasteiger partial charge in [-0.1, -0.05) is 13.8 Å². The molecule has 1 heterocycles. The SMILES string of the molecule is CNC(CCC(C)C)Cc1csc(C)n1. The predicted octanol–water partition coefficient (Wildman–Crippen LogP) is 3.02. The van der Waals surface area contributed by atoms with Crippen LogP contribution in [-0.4, -0.2) is 18.1 Å². The van der Waals surface area contributed by atoms with Gasteiger partial charge in [0.25, 0.3) is 0 Å². The topological polar surface area (TPSA) is 24.9 Å². The van der Waals surface area contributed by atoms with Gasteiger partial charge in [-0.2, -0.15) is 0 Å². The Morgan fingerprint density at radius 3 is 2.60 bits per heavy atom. The minimum Gasteiger partial charge on any atom is -0.317 e. The van der Waals surface area contributed by atoms with E-state index in [0.717, 1.165) is 12.3 Å². The van der Waals surface area contributed by atoms with Gasteiger partial charge in [0.1, 0.15) is 0 Å². The number of aryl methyl sites for hydroxylation is 1. The molecule has 0 radical (unpaired) electrons. The molecule has 2 nitrogen and oxygen atoms in total. The Bertz CT molecular complexity index is 281. The third kappa shape index (κ3) is 4.76. The molecule has 0 aliphatic carbocycles. The molecule has 0 bridgehead atoms. The number of thiazole rings is 1. The average Bonchev–Trinajstić information content (AvgIpc) is 2.58. The minimum absolute atomic E-state index is 0.578. The van der Waals surface area contributed by atoms with Gasteiger partial charge >= 0.3 is 0 Å². The quantitative estimate of drug-likeness (QED) is 0.806. The highest BCUT2D eigenvalue weighted by Crippen LogP contribution is 2.13. The number of hydrogen-bond acceptors (Lipinski definition) is 3. The van der Waals surface area contributed by atoms with Gasteiger partial charge in [0.2, 0.25) is 0 Å². The third-order valence-corrected chi connectivity index (χ3v) is 3.45. The fraction of sp³-hybridized carbons (Fsp3) is 0.750. The van der Waals surface area contributed by atoms with Crippen molar-refractivity contribution < 1.29 is 0 Å². The first-order valence-corrected chi connectivity index (χ1v) is 6.58. The van der Waals surface area contributed by atoms with E-state index in [0.29, 0.717) is 6.04 Å². The van der Waals surface area contributed by atoms with Crippen LogP contribution in [0.1, 0.15) is 37.4 Å². The molecule has 1 rings (SSSR count). The maximum atomic E-state index is 4.50. The summed E-state index contributed by atoms with van der Waals surface area (Å²) in [6.45, 7) is 6.62. The van der Waals surface area contributed by atoms with E-state index in [2.05, 4.69) is 36.5 Å². The Morgan fingerprint density at radius 1 is 1.40 bits per heavy atom. The summed E-state index contributed by atoms with van der Waals surface area (Å²) >= 11 is 1.74. The fourth-order valence-electron chi connectivity index (χ4n) is 1.64. The van der Waals surface area contributed by atoms with Crippen molar-refractivity contribution in [2.24, 2.45) is 5.92 Å². The zero-order valence-electron chi connectivity index (χ0n) is 10.2. The highest BCUT2D eigenvalue weighted by Gasteiger charge is 2.09. The summed E-state index contributed by atoms with van der Waals surface area (Å²) in [5.41, 5.74) is 1.24. The molecule has 1 aromatic heterocycles. The lowest BCUT2D eigenvalue weighted by Crippen LogP contribution is -2.28. The second-order valence-corrected chi connectivity index (χ2v) is 5.58. The van der Waals surface area contributed by atoms with Gasteiger partial charge in [-0.15, -0.1) is 11.3 Å². The molecule has 0 fully saturated rings. The normalized spacial score (nSPS) is 13.4. The summed E-state index contributed by atoms with van der Waals surface area (Å²) in [5.74, 6) is 0.790. The predicted molar refractivity (Wildman–Crippen MR) is 67.5 cm³/mol. The van der Waals surface area contributed by atoms with Crippen molar-refractivity contribution in [3.05, 3.63) is 16.1 Å². The van der Waals surface area contributed by atoms with Crippen LogP contribution in [-0.2, 0) is 6.42 Å². The van der Waals surface area contributed by atoms with Gasteiger partial charge in [0, 0.05) is 17.8 Å². The summed E-state index contributed by atoms with van der Waals surface area (Å²) < 4.78 is 0. The van der Waals surface area contributed by atoms with Crippen LogP contribution in [0.3, 0.4) is 0 Å². The summed E-state index contributed by atoms with van der Waals surface area (Å²) in [5, 5.41) is 6.73.